The molecule has 0 spiro atoms. The maximum Gasteiger partial charge on any atom is 0.228 e. The number of fused-ring (bicyclic) bond motifs is 2. The van der Waals surface area contributed by atoms with Gasteiger partial charge in [0.1, 0.15) is 5.65 Å². The second-order valence-electron chi connectivity index (χ2n) is 8.14. The number of hydrogen-bond acceptors (Lipinski definition) is 7. The van der Waals surface area contributed by atoms with Gasteiger partial charge in [-0.1, -0.05) is 6.07 Å². The van der Waals surface area contributed by atoms with Crippen LogP contribution in [0.3, 0.4) is 0 Å². The lowest BCUT2D eigenvalue weighted by atomic mass is 9.91. The van der Waals surface area contributed by atoms with Crippen molar-refractivity contribution in [3.05, 3.63) is 36.8 Å². The van der Waals surface area contributed by atoms with E-state index in [4.69, 9.17) is 9.72 Å². The number of nitrogens with zero attached hydrogens (tertiary/aromatic N) is 4. The standard InChI is InChI=1S/C23H25N7O2/c1-13(31)27-15-4-6-16(7-5-15)28-23-29-21-20(22(30-23)32-2)17(12-26-21)14-3-8-18-19(11-14)25-10-9-24-18/h3,8-12,15-16H,4-7H2,1-2H3,(H,27,31)(H2,26,28,29,30). The van der Waals surface area contributed by atoms with E-state index in [1.807, 2.05) is 24.4 Å². The number of anilines is 1. The molecule has 1 amide bonds. The van der Waals surface area contributed by atoms with E-state index < -0.39 is 0 Å². The summed E-state index contributed by atoms with van der Waals surface area (Å²) in [6.07, 6.45) is 9.06. The number of H-pyrrole nitrogens is 1. The molecule has 1 aliphatic carbocycles. The molecule has 1 saturated carbocycles. The Hall–Kier alpha value is -3.75. The average molecular weight is 432 g/mol. The van der Waals surface area contributed by atoms with E-state index in [-0.39, 0.29) is 18.0 Å². The average Bonchev–Trinajstić information content (AvgIpc) is 3.23. The van der Waals surface area contributed by atoms with Crippen LogP contribution < -0.4 is 15.4 Å². The van der Waals surface area contributed by atoms with Crippen LogP contribution in [-0.4, -0.2) is 50.0 Å². The van der Waals surface area contributed by atoms with Crippen LogP contribution in [0.15, 0.2) is 36.8 Å². The van der Waals surface area contributed by atoms with Crippen molar-refractivity contribution in [3.8, 4) is 17.0 Å². The number of hydrogen-bond donors (Lipinski definition) is 3. The van der Waals surface area contributed by atoms with Gasteiger partial charge in [-0.15, -0.1) is 0 Å². The lowest BCUT2D eigenvalue weighted by Crippen LogP contribution is -2.39. The van der Waals surface area contributed by atoms with Crippen molar-refractivity contribution in [2.75, 3.05) is 12.4 Å². The molecule has 1 fully saturated rings. The molecule has 9 heteroatoms. The number of aromatic amines is 1. The molecule has 0 atom stereocenters. The summed E-state index contributed by atoms with van der Waals surface area (Å²) in [7, 11) is 1.62. The Labute approximate surface area is 185 Å². The van der Waals surface area contributed by atoms with Gasteiger partial charge in [-0.3, -0.25) is 14.8 Å². The monoisotopic (exact) mass is 431 g/mol. The molecule has 1 aliphatic rings. The predicted octanol–water partition coefficient (Wildman–Crippen LogP) is 3.44. The number of carbonyl (C=O) groups is 1. The summed E-state index contributed by atoms with van der Waals surface area (Å²) >= 11 is 0. The summed E-state index contributed by atoms with van der Waals surface area (Å²) in [5, 5.41) is 7.28. The molecule has 4 aromatic rings. The summed E-state index contributed by atoms with van der Waals surface area (Å²) in [6, 6.07) is 6.48. The SMILES string of the molecule is COc1nc(NC2CCC(NC(C)=O)CC2)nc2[nH]cc(-c3ccc4nccnc4c3)c12. The van der Waals surface area contributed by atoms with Gasteiger partial charge in [0.25, 0.3) is 0 Å². The van der Waals surface area contributed by atoms with Gasteiger partial charge in [-0.25, -0.2) is 0 Å². The molecular weight excluding hydrogens is 406 g/mol. The van der Waals surface area contributed by atoms with Crippen LogP contribution >= 0.6 is 0 Å². The first-order valence-corrected chi connectivity index (χ1v) is 10.8. The topological polar surface area (TPSA) is 118 Å². The minimum Gasteiger partial charge on any atom is -0.480 e. The normalized spacial score (nSPS) is 18.6. The van der Waals surface area contributed by atoms with Crippen LogP contribution in [-0.2, 0) is 4.79 Å². The van der Waals surface area contributed by atoms with Crippen molar-refractivity contribution < 1.29 is 9.53 Å². The highest BCUT2D eigenvalue weighted by molar-refractivity contribution is 5.99. The Morgan fingerprint density at radius 3 is 2.56 bits per heavy atom. The fourth-order valence-electron chi connectivity index (χ4n) is 4.42. The minimum atomic E-state index is 0.0286. The first-order valence-electron chi connectivity index (χ1n) is 10.8. The molecule has 9 nitrogen and oxygen atoms in total. The van der Waals surface area contributed by atoms with Gasteiger partial charge < -0.3 is 20.4 Å². The van der Waals surface area contributed by atoms with Crippen LogP contribution in [0.4, 0.5) is 5.95 Å². The van der Waals surface area contributed by atoms with Crippen molar-refractivity contribution in [3.63, 3.8) is 0 Å². The third-order valence-electron chi connectivity index (χ3n) is 5.94. The first-order chi connectivity index (χ1) is 15.6. The minimum absolute atomic E-state index is 0.0286. The molecule has 5 rings (SSSR count). The lowest BCUT2D eigenvalue weighted by molar-refractivity contribution is -0.119. The Bertz CT molecular complexity index is 1280. The number of methoxy groups -OCH3 is 1. The number of benzene rings is 1. The van der Waals surface area contributed by atoms with Crippen LogP contribution in [0.25, 0.3) is 33.2 Å². The molecule has 0 aliphatic heterocycles. The number of ether oxygens (including phenoxy) is 1. The van der Waals surface area contributed by atoms with E-state index in [0.717, 1.165) is 53.2 Å². The smallest absolute Gasteiger partial charge is 0.228 e. The molecule has 3 aromatic heterocycles. The third-order valence-corrected chi connectivity index (χ3v) is 5.94. The Morgan fingerprint density at radius 2 is 1.81 bits per heavy atom. The van der Waals surface area contributed by atoms with Crippen molar-refractivity contribution in [1.82, 2.24) is 30.2 Å². The second kappa shape index (κ2) is 8.41. The zero-order valence-corrected chi connectivity index (χ0v) is 18.1. The van der Waals surface area contributed by atoms with Crippen molar-refractivity contribution in [2.45, 2.75) is 44.7 Å². The lowest BCUT2D eigenvalue weighted by Gasteiger charge is -2.29. The maximum atomic E-state index is 11.3. The van der Waals surface area contributed by atoms with E-state index >= 15 is 0 Å². The van der Waals surface area contributed by atoms with Crippen molar-refractivity contribution in [1.29, 1.82) is 0 Å². The van der Waals surface area contributed by atoms with E-state index in [9.17, 15) is 4.79 Å². The van der Waals surface area contributed by atoms with E-state index in [0.29, 0.717) is 17.5 Å². The van der Waals surface area contributed by atoms with Gasteiger partial charge in [-0.2, -0.15) is 9.97 Å². The molecule has 0 radical (unpaired) electrons. The Balaban J connectivity index is 1.41. The summed E-state index contributed by atoms with van der Waals surface area (Å²) in [5.74, 6) is 1.08. The van der Waals surface area contributed by atoms with E-state index in [1.165, 1.54) is 0 Å². The highest BCUT2D eigenvalue weighted by Crippen LogP contribution is 2.35. The van der Waals surface area contributed by atoms with Crippen molar-refractivity contribution >= 4 is 33.9 Å². The van der Waals surface area contributed by atoms with Crippen LogP contribution in [0.5, 0.6) is 5.88 Å². The molecule has 3 N–H and O–H groups in total. The number of aromatic nitrogens is 5. The number of nitrogens with one attached hydrogen (secondary N) is 3. The van der Waals surface area contributed by atoms with Crippen LogP contribution in [0.2, 0.25) is 0 Å². The number of amides is 1. The first kappa shape index (κ1) is 20.2. The summed E-state index contributed by atoms with van der Waals surface area (Å²) in [4.78, 5) is 32.6. The second-order valence-corrected chi connectivity index (χ2v) is 8.14. The van der Waals surface area contributed by atoms with E-state index in [2.05, 4.69) is 30.6 Å². The van der Waals surface area contributed by atoms with Gasteiger partial charge in [0.05, 0.1) is 23.5 Å². The molecule has 1 aromatic carbocycles. The molecule has 164 valence electrons. The third kappa shape index (κ3) is 3.93. The maximum absolute atomic E-state index is 11.3. The highest BCUT2D eigenvalue weighted by Gasteiger charge is 2.23. The summed E-state index contributed by atoms with van der Waals surface area (Å²) in [6.45, 7) is 1.57. The molecule has 0 saturated heterocycles. The summed E-state index contributed by atoms with van der Waals surface area (Å²) < 4.78 is 5.64. The van der Waals surface area contributed by atoms with E-state index in [1.54, 1.807) is 26.4 Å². The number of rotatable bonds is 5. The van der Waals surface area contributed by atoms with Crippen LogP contribution in [0.1, 0.15) is 32.6 Å². The molecule has 32 heavy (non-hydrogen) atoms. The van der Waals surface area contributed by atoms with Gasteiger partial charge in [0.2, 0.25) is 17.7 Å². The fraction of sp³-hybridized carbons (Fsp3) is 0.348. The van der Waals surface area contributed by atoms with Crippen molar-refractivity contribution in [2.24, 2.45) is 0 Å². The zero-order valence-electron chi connectivity index (χ0n) is 18.1. The molecule has 3 heterocycles. The molecule has 0 bridgehead atoms. The van der Waals surface area contributed by atoms with Gasteiger partial charge in [0, 0.05) is 43.2 Å². The van der Waals surface area contributed by atoms with Gasteiger partial charge in [-0.05, 0) is 43.4 Å². The number of carbonyl (C=O) groups excluding carboxylic acids is 1. The van der Waals surface area contributed by atoms with Gasteiger partial charge in [0.15, 0.2) is 0 Å². The van der Waals surface area contributed by atoms with Crippen LogP contribution in [0, 0.1) is 0 Å². The predicted molar refractivity (Wildman–Crippen MR) is 122 cm³/mol. The molecule has 0 unspecified atom stereocenters. The zero-order chi connectivity index (χ0) is 22.1. The Morgan fingerprint density at radius 1 is 1.06 bits per heavy atom. The Kier molecular flexibility index (Phi) is 5.30. The summed E-state index contributed by atoms with van der Waals surface area (Å²) in [5.41, 5.74) is 4.32. The largest absolute Gasteiger partial charge is 0.480 e. The van der Waals surface area contributed by atoms with Gasteiger partial charge >= 0.3 is 0 Å². The quantitative estimate of drug-likeness (QED) is 0.443. The highest BCUT2D eigenvalue weighted by atomic mass is 16.5. The fourth-order valence-corrected chi connectivity index (χ4v) is 4.42. The molecular formula is C23H25N7O2.